The van der Waals surface area contributed by atoms with E-state index in [1.807, 2.05) is 0 Å². The Balaban J connectivity index is 1.99. The van der Waals surface area contributed by atoms with Gasteiger partial charge in [-0.15, -0.1) is 0 Å². The van der Waals surface area contributed by atoms with E-state index in [2.05, 4.69) is 11.6 Å². The van der Waals surface area contributed by atoms with Gasteiger partial charge in [0.1, 0.15) is 0 Å². The maximum Gasteiger partial charge on any atom is 0.333 e. The van der Waals surface area contributed by atoms with Gasteiger partial charge in [0.2, 0.25) is 0 Å². The molecule has 1 rings (SSSR count). The lowest BCUT2D eigenvalue weighted by Gasteiger charge is -2.07. The zero-order valence-electron chi connectivity index (χ0n) is 15.7. The topological polar surface area (TPSA) is 61.2 Å². The van der Waals surface area contributed by atoms with E-state index in [4.69, 9.17) is 4.74 Å². The quantitative estimate of drug-likeness (QED) is 0.184. The number of hydrogen-bond donors (Lipinski definition) is 0. The number of aromatic nitrogens is 2. The third kappa shape index (κ3) is 8.38. The molecule has 0 spiro atoms. The predicted molar refractivity (Wildman–Crippen MR) is 103 cm³/mol. The average molecular weight is 367 g/mol. The summed E-state index contributed by atoms with van der Waals surface area (Å²) in [5.74, 6) is 0.693. The Morgan fingerprint density at radius 1 is 1.20 bits per heavy atom. The van der Waals surface area contributed by atoms with Crippen LogP contribution in [-0.4, -0.2) is 27.9 Å². The number of carbonyl (C=O) groups excluding carboxylic acids is 1. The number of rotatable bonds is 12. The molecule has 0 saturated heterocycles. The van der Waals surface area contributed by atoms with Gasteiger partial charge < -0.3 is 4.74 Å². The van der Waals surface area contributed by atoms with Crippen LogP contribution in [0.5, 0.6) is 0 Å². The van der Waals surface area contributed by atoms with Gasteiger partial charge in [0.05, 0.1) is 6.61 Å². The molecule has 0 radical (unpaired) electrons. The molecule has 6 heteroatoms. The average Bonchev–Trinajstić information content (AvgIpc) is 2.59. The summed E-state index contributed by atoms with van der Waals surface area (Å²) < 4.78 is 6.68. The number of hydrogen-bond acceptors (Lipinski definition) is 5. The van der Waals surface area contributed by atoms with Crippen molar-refractivity contribution in [1.29, 1.82) is 0 Å². The number of nitrogens with zero attached hydrogens (tertiary/aromatic N) is 2. The van der Waals surface area contributed by atoms with Crippen molar-refractivity contribution in [2.45, 2.75) is 63.9 Å². The van der Waals surface area contributed by atoms with Gasteiger partial charge in [-0.1, -0.05) is 50.4 Å². The third-order valence-corrected chi connectivity index (χ3v) is 5.03. The summed E-state index contributed by atoms with van der Waals surface area (Å²) in [6.07, 6.45) is 9.58. The zero-order chi connectivity index (χ0) is 18.7. The van der Waals surface area contributed by atoms with Crippen molar-refractivity contribution < 1.29 is 9.53 Å². The Bertz CT molecular complexity index is 626. The van der Waals surface area contributed by atoms with E-state index >= 15 is 0 Å². The van der Waals surface area contributed by atoms with Gasteiger partial charge >= 0.3 is 5.97 Å². The summed E-state index contributed by atoms with van der Waals surface area (Å²) in [5, 5.41) is 0.792. The smallest absolute Gasteiger partial charge is 0.333 e. The molecule has 0 atom stereocenters. The number of unbranched alkanes of at least 4 members (excludes halogenated alkanes) is 6. The highest BCUT2D eigenvalue weighted by Crippen LogP contribution is 2.16. The first-order chi connectivity index (χ1) is 11.9. The van der Waals surface area contributed by atoms with E-state index in [0.717, 1.165) is 30.2 Å². The van der Waals surface area contributed by atoms with Crippen LogP contribution in [0.15, 0.2) is 28.3 Å². The van der Waals surface area contributed by atoms with E-state index in [1.165, 1.54) is 25.7 Å². The van der Waals surface area contributed by atoms with Crippen LogP contribution in [0, 0.1) is 6.92 Å². The fourth-order valence-electron chi connectivity index (χ4n) is 2.32. The van der Waals surface area contributed by atoms with Gasteiger partial charge in [-0.05, 0) is 26.7 Å². The molecule has 0 aliphatic heterocycles. The Labute approximate surface area is 154 Å². The highest BCUT2D eigenvalue weighted by molar-refractivity contribution is 7.99. The van der Waals surface area contributed by atoms with Gasteiger partial charge in [-0.25, -0.2) is 9.78 Å². The minimum Gasteiger partial charge on any atom is -0.462 e. The zero-order valence-corrected chi connectivity index (χ0v) is 16.5. The molecular formula is C19H30N2O3S. The lowest BCUT2D eigenvalue weighted by molar-refractivity contribution is -0.139. The second-order valence-electron chi connectivity index (χ2n) is 6.33. The van der Waals surface area contributed by atoms with E-state index in [1.54, 1.807) is 43.4 Å². The van der Waals surface area contributed by atoms with Crippen molar-refractivity contribution in [2.75, 3.05) is 12.4 Å². The second-order valence-corrected chi connectivity index (χ2v) is 7.39. The van der Waals surface area contributed by atoms with Crippen molar-refractivity contribution in [3.05, 3.63) is 34.3 Å². The van der Waals surface area contributed by atoms with Crippen LogP contribution in [0.4, 0.5) is 0 Å². The molecule has 0 amide bonds. The van der Waals surface area contributed by atoms with Gasteiger partial charge in [-0.2, -0.15) is 0 Å². The Morgan fingerprint density at radius 2 is 1.80 bits per heavy atom. The summed E-state index contributed by atoms with van der Waals surface area (Å²) in [5.41, 5.74) is 1.17. The summed E-state index contributed by atoms with van der Waals surface area (Å²) >= 11 is 1.65. The van der Waals surface area contributed by atoms with E-state index < -0.39 is 0 Å². The maximum atomic E-state index is 11.8. The number of carbonyl (C=O) groups is 1. The van der Waals surface area contributed by atoms with Crippen molar-refractivity contribution in [3.8, 4) is 0 Å². The molecule has 0 bridgehead atoms. The van der Waals surface area contributed by atoms with Crippen LogP contribution in [-0.2, 0) is 16.6 Å². The van der Waals surface area contributed by atoms with Crippen LogP contribution >= 0.6 is 11.8 Å². The highest BCUT2D eigenvalue weighted by atomic mass is 32.2. The van der Waals surface area contributed by atoms with Crippen molar-refractivity contribution >= 4 is 17.7 Å². The van der Waals surface area contributed by atoms with Gasteiger partial charge in [0.25, 0.3) is 5.56 Å². The summed E-state index contributed by atoms with van der Waals surface area (Å²) in [7, 11) is 1.78. The molecule has 5 nitrogen and oxygen atoms in total. The molecular weight excluding hydrogens is 336 g/mol. The maximum absolute atomic E-state index is 11.8. The Morgan fingerprint density at radius 3 is 2.44 bits per heavy atom. The SMILES string of the molecule is C=C(C)C(=O)OCCCCCCCCCSc1ncc(C)c(=O)n1C. The minimum atomic E-state index is -0.293. The molecule has 1 heterocycles. The van der Waals surface area contributed by atoms with E-state index in [0.29, 0.717) is 17.7 Å². The van der Waals surface area contributed by atoms with Crippen molar-refractivity contribution in [2.24, 2.45) is 7.05 Å². The van der Waals surface area contributed by atoms with Crippen LogP contribution in [0.3, 0.4) is 0 Å². The summed E-state index contributed by atoms with van der Waals surface area (Å²) in [6, 6.07) is 0. The molecule has 25 heavy (non-hydrogen) atoms. The molecule has 0 unspecified atom stereocenters. The lowest BCUT2D eigenvalue weighted by atomic mass is 10.1. The van der Waals surface area contributed by atoms with E-state index in [-0.39, 0.29) is 11.5 Å². The number of esters is 1. The highest BCUT2D eigenvalue weighted by Gasteiger charge is 2.04. The summed E-state index contributed by atoms with van der Waals surface area (Å²) in [6.45, 7) is 7.49. The normalized spacial score (nSPS) is 10.7. The molecule has 0 N–H and O–H groups in total. The Kier molecular flexibility index (Phi) is 10.2. The molecule has 0 aliphatic rings. The fourth-order valence-corrected chi connectivity index (χ4v) is 3.25. The first-order valence-electron chi connectivity index (χ1n) is 8.91. The van der Waals surface area contributed by atoms with Crippen molar-refractivity contribution in [3.63, 3.8) is 0 Å². The first kappa shape index (κ1) is 21.5. The predicted octanol–water partition coefficient (Wildman–Crippen LogP) is 4.03. The van der Waals surface area contributed by atoms with Gasteiger partial charge in [0, 0.05) is 30.1 Å². The standard InChI is InChI=1S/C19H30N2O3S/c1-15(2)18(23)24-12-10-8-6-5-7-9-11-13-25-19-20-14-16(3)17(22)21(19)4/h14H,1,5-13H2,2-4H3. The molecule has 1 aromatic heterocycles. The largest absolute Gasteiger partial charge is 0.462 e. The molecule has 0 aliphatic carbocycles. The molecule has 0 aromatic carbocycles. The third-order valence-electron chi connectivity index (χ3n) is 3.90. The monoisotopic (exact) mass is 366 g/mol. The second kappa shape index (κ2) is 11.9. The minimum absolute atomic E-state index is 0.0337. The fraction of sp³-hybridized carbons (Fsp3) is 0.632. The first-order valence-corrected chi connectivity index (χ1v) is 9.90. The van der Waals surface area contributed by atoms with Crippen LogP contribution in [0.2, 0.25) is 0 Å². The summed E-state index contributed by atoms with van der Waals surface area (Å²) in [4.78, 5) is 27.3. The van der Waals surface area contributed by atoms with Crippen molar-refractivity contribution in [1.82, 2.24) is 9.55 Å². The van der Waals surface area contributed by atoms with Gasteiger partial charge in [-0.3, -0.25) is 9.36 Å². The Hall–Kier alpha value is -1.56. The molecule has 140 valence electrons. The van der Waals surface area contributed by atoms with Crippen LogP contribution in [0.25, 0.3) is 0 Å². The number of ether oxygens (including phenoxy) is 1. The van der Waals surface area contributed by atoms with Gasteiger partial charge in [0.15, 0.2) is 5.16 Å². The molecule has 0 saturated carbocycles. The van der Waals surface area contributed by atoms with Crippen LogP contribution < -0.4 is 5.56 Å². The molecule has 0 fully saturated rings. The van der Waals surface area contributed by atoms with E-state index in [9.17, 15) is 9.59 Å². The number of thioether (sulfide) groups is 1. The molecule has 1 aromatic rings. The van der Waals surface area contributed by atoms with Crippen LogP contribution in [0.1, 0.15) is 57.4 Å². The lowest BCUT2D eigenvalue weighted by Crippen LogP contribution is -2.21. The number of aryl methyl sites for hydroxylation is 1.